The minimum atomic E-state index is -0.502. The molecular formula is C14H10BrClNO3. The summed E-state index contributed by atoms with van der Waals surface area (Å²) in [5.41, 5.74) is 1.34. The molecule has 0 aliphatic carbocycles. The summed E-state index contributed by atoms with van der Waals surface area (Å²) in [5, 5.41) is 11.1. The number of nitro groups is 1. The molecular weight excluding hydrogens is 346 g/mol. The highest BCUT2D eigenvalue weighted by Crippen LogP contribution is 2.37. The van der Waals surface area contributed by atoms with Crippen LogP contribution in [0.1, 0.15) is 6.92 Å². The van der Waals surface area contributed by atoms with Gasteiger partial charge in [-0.05, 0) is 46.1 Å². The molecule has 0 aliphatic rings. The number of rotatable bonds is 4. The Morgan fingerprint density at radius 1 is 1.45 bits per heavy atom. The zero-order chi connectivity index (χ0) is 14.7. The molecule has 0 amide bonds. The molecule has 2 rings (SSSR count). The van der Waals surface area contributed by atoms with Crippen LogP contribution < -0.4 is 4.74 Å². The van der Waals surface area contributed by atoms with E-state index in [9.17, 15) is 10.1 Å². The number of hydrogen-bond acceptors (Lipinski definition) is 3. The smallest absolute Gasteiger partial charge is 0.288 e. The third kappa shape index (κ3) is 2.94. The van der Waals surface area contributed by atoms with E-state index in [-0.39, 0.29) is 10.7 Å². The molecule has 0 heterocycles. The summed E-state index contributed by atoms with van der Waals surface area (Å²) in [7, 11) is 0. The van der Waals surface area contributed by atoms with Crippen molar-refractivity contribution in [3.8, 4) is 16.9 Å². The van der Waals surface area contributed by atoms with Crippen LogP contribution in [0.4, 0.5) is 5.69 Å². The lowest BCUT2D eigenvalue weighted by molar-refractivity contribution is -0.384. The van der Waals surface area contributed by atoms with Crippen LogP contribution in [0.25, 0.3) is 11.1 Å². The Morgan fingerprint density at radius 2 is 2.20 bits per heavy atom. The van der Waals surface area contributed by atoms with Crippen molar-refractivity contribution in [2.24, 2.45) is 0 Å². The van der Waals surface area contributed by atoms with Crippen LogP contribution in [0.5, 0.6) is 5.75 Å². The number of ether oxygens (including phenoxy) is 1. The second kappa shape index (κ2) is 6.24. The van der Waals surface area contributed by atoms with Gasteiger partial charge in [0, 0.05) is 12.1 Å². The molecule has 103 valence electrons. The van der Waals surface area contributed by atoms with Gasteiger partial charge < -0.3 is 4.74 Å². The van der Waals surface area contributed by atoms with E-state index in [1.807, 2.05) is 6.92 Å². The third-order valence-corrected chi connectivity index (χ3v) is 3.75. The molecule has 1 radical (unpaired) electrons. The first-order valence-electron chi connectivity index (χ1n) is 5.82. The highest BCUT2D eigenvalue weighted by atomic mass is 79.9. The van der Waals surface area contributed by atoms with Gasteiger partial charge >= 0.3 is 0 Å². The number of benzene rings is 2. The minimum absolute atomic E-state index is 0.113. The number of nitrogens with zero attached hydrogens (tertiary/aromatic N) is 1. The number of hydrogen-bond donors (Lipinski definition) is 0. The molecule has 0 aromatic heterocycles. The molecule has 20 heavy (non-hydrogen) atoms. The molecule has 0 spiro atoms. The summed E-state index contributed by atoms with van der Waals surface area (Å²) in [6, 6.07) is 11.2. The lowest BCUT2D eigenvalue weighted by Crippen LogP contribution is -1.94. The summed E-state index contributed by atoms with van der Waals surface area (Å²) in [6.07, 6.45) is 0. The molecule has 0 atom stereocenters. The SMILES string of the molecule is CCOc1[c]ccc(-c2ccc(Cl)c([N+](=O)[O-])c2)c1Br. The van der Waals surface area contributed by atoms with Crippen molar-refractivity contribution >= 4 is 33.2 Å². The Hall–Kier alpha value is -1.59. The van der Waals surface area contributed by atoms with Crippen LogP contribution >= 0.6 is 27.5 Å². The zero-order valence-corrected chi connectivity index (χ0v) is 12.9. The minimum Gasteiger partial charge on any atom is -0.492 e. The first kappa shape index (κ1) is 14.8. The van der Waals surface area contributed by atoms with Crippen molar-refractivity contribution in [1.29, 1.82) is 0 Å². The van der Waals surface area contributed by atoms with E-state index in [0.29, 0.717) is 22.4 Å². The molecule has 6 heteroatoms. The maximum absolute atomic E-state index is 10.9. The van der Waals surface area contributed by atoms with Crippen LogP contribution in [0.2, 0.25) is 5.02 Å². The van der Waals surface area contributed by atoms with Crippen molar-refractivity contribution in [3.63, 3.8) is 0 Å². The summed E-state index contributed by atoms with van der Waals surface area (Å²) in [6.45, 7) is 2.39. The van der Waals surface area contributed by atoms with Gasteiger partial charge in [0.15, 0.2) is 0 Å². The lowest BCUT2D eigenvalue weighted by atomic mass is 10.0. The van der Waals surface area contributed by atoms with Crippen molar-refractivity contribution in [2.75, 3.05) is 6.61 Å². The van der Waals surface area contributed by atoms with Crippen LogP contribution in [-0.2, 0) is 0 Å². The molecule has 0 bridgehead atoms. The van der Waals surface area contributed by atoms with E-state index in [2.05, 4.69) is 22.0 Å². The average Bonchev–Trinajstić information content (AvgIpc) is 2.42. The molecule has 2 aromatic carbocycles. The first-order valence-corrected chi connectivity index (χ1v) is 6.99. The van der Waals surface area contributed by atoms with Crippen molar-refractivity contribution in [1.82, 2.24) is 0 Å². The van der Waals surface area contributed by atoms with Gasteiger partial charge in [0.25, 0.3) is 5.69 Å². The van der Waals surface area contributed by atoms with Crippen molar-refractivity contribution < 1.29 is 9.66 Å². The monoisotopic (exact) mass is 354 g/mol. The van der Waals surface area contributed by atoms with E-state index >= 15 is 0 Å². The zero-order valence-electron chi connectivity index (χ0n) is 10.5. The maximum Gasteiger partial charge on any atom is 0.288 e. The summed E-state index contributed by atoms with van der Waals surface area (Å²) in [4.78, 5) is 10.4. The first-order chi connectivity index (χ1) is 9.54. The average molecular weight is 356 g/mol. The Kier molecular flexibility index (Phi) is 4.62. The van der Waals surface area contributed by atoms with Crippen molar-refractivity contribution in [3.05, 3.63) is 56.0 Å². The molecule has 0 fully saturated rings. The maximum atomic E-state index is 10.9. The van der Waals surface area contributed by atoms with Gasteiger partial charge in [-0.15, -0.1) is 0 Å². The molecule has 2 aromatic rings. The second-order valence-electron chi connectivity index (χ2n) is 3.89. The largest absolute Gasteiger partial charge is 0.492 e. The van der Waals surface area contributed by atoms with Gasteiger partial charge in [0.1, 0.15) is 10.8 Å². The predicted octanol–water partition coefficient (Wildman–Crippen LogP) is 4.88. The molecule has 0 N–H and O–H groups in total. The van der Waals surface area contributed by atoms with Crippen LogP contribution in [-0.4, -0.2) is 11.5 Å². The van der Waals surface area contributed by atoms with Gasteiger partial charge in [-0.1, -0.05) is 23.7 Å². The van der Waals surface area contributed by atoms with Crippen LogP contribution in [0.15, 0.2) is 34.8 Å². The van der Waals surface area contributed by atoms with E-state index < -0.39 is 4.92 Å². The predicted molar refractivity (Wildman–Crippen MR) is 81.2 cm³/mol. The van der Waals surface area contributed by atoms with Gasteiger partial charge in [0.2, 0.25) is 0 Å². The highest BCUT2D eigenvalue weighted by Gasteiger charge is 2.16. The Bertz CT molecular complexity index is 661. The van der Waals surface area contributed by atoms with Gasteiger partial charge in [-0.25, -0.2) is 0 Å². The Balaban J connectivity index is 2.54. The Labute approximate surface area is 129 Å². The van der Waals surface area contributed by atoms with Gasteiger partial charge in [-0.2, -0.15) is 0 Å². The van der Waals surface area contributed by atoms with E-state index in [1.165, 1.54) is 12.1 Å². The van der Waals surface area contributed by atoms with Gasteiger partial charge in [0.05, 0.1) is 16.0 Å². The normalized spacial score (nSPS) is 10.3. The number of nitro benzene ring substituents is 1. The summed E-state index contributed by atoms with van der Waals surface area (Å²) < 4.78 is 6.14. The summed E-state index contributed by atoms with van der Waals surface area (Å²) in [5.74, 6) is 0.572. The number of halogens is 2. The molecule has 0 unspecified atom stereocenters. The molecule has 0 aliphatic heterocycles. The quantitative estimate of drug-likeness (QED) is 0.580. The van der Waals surface area contributed by atoms with Crippen LogP contribution in [0.3, 0.4) is 0 Å². The standard InChI is InChI=1S/C14H10BrClNO3/c1-2-20-13-5-3-4-10(14(13)15)9-6-7-11(16)12(8-9)17(18)19/h3-4,6-8H,2H2,1H3. The van der Waals surface area contributed by atoms with Crippen LogP contribution in [0, 0.1) is 16.2 Å². The van der Waals surface area contributed by atoms with E-state index in [1.54, 1.807) is 18.2 Å². The fourth-order valence-corrected chi connectivity index (χ4v) is 2.53. The summed E-state index contributed by atoms with van der Waals surface area (Å²) >= 11 is 9.26. The fourth-order valence-electron chi connectivity index (χ4n) is 1.75. The third-order valence-electron chi connectivity index (χ3n) is 2.64. The fraction of sp³-hybridized carbons (Fsp3) is 0.143. The Morgan fingerprint density at radius 3 is 2.85 bits per heavy atom. The van der Waals surface area contributed by atoms with E-state index in [0.717, 1.165) is 5.56 Å². The lowest BCUT2D eigenvalue weighted by Gasteiger charge is -2.10. The molecule has 4 nitrogen and oxygen atoms in total. The molecule has 0 saturated heterocycles. The van der Waals surface area contributed by atoms with E-state index in [4.69, 9.17) is 16.3 Å². The molecule has 0 saturated carbocycles. The second-order valence-corrected chi connectivity index (χ2v) is 5.09. The van der Waals surface area contributed by atoms with Crippen molar-refractivity contribution in [2.45, 2.75) is 6.92 Å². The topological polar surface area (TPSA) is 52.4 Å². The van der Waals surface area contributed by atoms with Gasteiger partial charge in [-0.3, -0.25) is 10.1 Å². The highest BCUT2D eigenvalue weighted by molar-refractivity contribution is 9.10.